The number of fused-ring (bicyclic) bond motifs is 1. The second-order valence-corrected chi connectivity index (χ2v) is 4.86. The zero-order valence-electron chi connectivity index (χ0n) is 11.6. The number of nitrogens with one attached hydrogen (secondary N) is 1. The Morgan fingerprint density at radius 1 is 1.30 bits per heavy atom. The fourth-order valence-electron chi connectivity index (χ4n) is 2.47. The van der Waals surface area contributed by atoms with E-state index >= 15 is 0 Å². The summed E-state index contributed by atoms with van der Waals surface area (Å²) < 4.78 is 5.73. The second kappa shape index (κ2) is 4.96. The van der Waals surface area contributed by atoms with Gasteiger partial charge in [0.2, 0.25) is 0 Å². The number of aromatic amines is 1. The first-order valence-electron chi connectivity index (χ1n) is 6.77. The van der Waals surface area contributed by atoms with Gasteiger partial charge in [-0.2, -0.15) is 0 Å². The van der Waals surface area contributed by atoms with E-state index in [0.29, 0.717) is 5.82 Å². The number of para-hydroxylation sites is 1. The third-order valence-corrected chi connectivity index (χ3v) is 3.31. The van der Waals surface area contributed by atoms with Crippen LogP contribution in [0, 0.1) is 6.92 Å². The van der Waals surface area contributed by atoms with E-state index < -0.39 is 0 Å². The van der Waals surface area contributed by atoms with Crippen molar-refractivity contribution in [2.75, 3.05) is 0 Å². The summed E-state index contributed by atoms with van der Waals surface area (Å²) in [6.45, 7) is 3.96. The molecule has 0 aliphatic carbocycles. The molecule has 0 aliphatic rings. The molecule has 0 spiro atoms. The van der Waals surface area contributed by atoms with Crippen LogP contribution in [0.1, 0.15) is 24.8 Å². The number of furan rings is 1. The van der Waals surface area contributed by atoms with Crippen LogP contribution >= 0.6 is 0 Å². The highest BCUT2D eigenvalue weighted by molar-refractivity contribution is 5.93. The maximum absolute atomic E-state index is 11.8. The summed E-state index contributed by atoms with van der Waals surface area (Å²) in [5, 5.41) is 0.974. The van der Waals surface area contributed by atoms with E-state index in [2.05, 4.69) is 16.9 Å². The molecule has 4 heteroatoms. The van der Waals surface area contributed by atoms with Gasteiger partial charge in [-0.1, -0.05) is 31.5 Å². The Labute approximate surface area is 116 Å². The van der Waals surface area contributed by atoms with Crippen LogP contribution < -0.4 is 5.56 Å². The quantitative estimate of drug-likeness (QED) is 0.791. The van der Waals surface area contributed by atoms with E-state index in [4.69, 9.17) is 4.42 Å². The minimum atomic E-state index is -0.122. The van der Waals surface area contributed by atoms with Gasteiger partial charge in [0, 0.05) is 17.1 Å². The lowest BCUT2D eigenvalue weighted by atomic mass is 10.1. The van der Waals surface area contributed by atoms with E-state index in [-0.39, 0.29) is 5.56 Å². The smallest absolute Gasteiger partial charge is 0.251 e. The topological polar surface area (TPSA) is 58.9 Å². The van der Waals surface area contributed by atoms with Gasteiger partial charge in [-0.15, -0.1) is 0 Å². The largest absolute Gasteiger partial charge is 0.461 e. The van der Waals surface area contributed by atoms with Gasteiger partial charge in [-0.3, -0.25) is 4.79 Å². The van der Waals surface area contributed by atoms with Gasteiger partial charge < -0.3 is 9.40 Å². The highest BCUT2D eigenvalue weighted by Gasteiger charge is 2.15. The Kier molecular flexibility index (Phi) is 3.14. The molecular weight excluding hydrogens is 252 g/mol. The van der Waals surface area contributed by atoms with Gasteiger partial charge >= 0.3 is 0 Å². The lowest BCUT2D eigenvalue weighted by Gasteiger charge is -2.03. The monoisotopic (exact) mass is 268 g/mol. The maximum atomic E-state index is 11.8. The normalized spacial score (nSPS) is 11.1. The van der Waals surface area contributed by atoms with Gasteiger partial charge in [-0.05, 0) is 19.4 Å². The minimum absolute atomic E-state index is 0.122. The summed E-state index contributed by atoms with van der Waals surface area (Å²) >= 11 is 0. The number of rotatable bonds is 3. The summed E-state index contributed by atoms with van der Waals surface area (Å²) in [4.78, 5) is 19.2. The van der Waals surface area contributed by atoms with Crippen LogP contribution in [0.5, 0.6) is 0 Å². The van der Waals surface area contributed by atoms with Crippen molar-refractivity contribution in [1.82, 2.24) is 9.97 Å². The number of hydrogen-bond donors (Lipinski definition) is 1. The third kappa shape index (κ3) is 2.13. The molecule has 0 amide bonds. The van der Waals surface area contributed by atoms with Crippen LogP contribution in [0.15, 0.2) is 39.5 Å². The van der Waals surface area contributed by atoms with Gasteiger partial charge in [-0.25, -0.2) is 4.98 Å². The Morgan fingerprint density at radius 2 is 2.10 bits per heavy atom. The highest BCUT2D eigenvalue weighted by Crippen LogP contribution is 2.31. The van der Waals surface area contributed by atoms with Crippen molar-refractivity contribution in [3.05, 3.63) is 52.1 Å². The summed E-state index contributed by atoms with van der Waals surface area (Å²) in [5.41, 5.74) is 2.37. The molecule has 1 N–H and O–H groups in total. The molecule has 0 saturated heterocycles. The van der Waals surface area contributed by atoms with Crippen LogP contribution in [0.25, 0.3) is 22.4 Å². The Balaban J connectivity index is 2.25. The Hall–Kier alpha value is -2.36. The van der Waals surface area contributed by atoms with E-state index in [9.17, 15) is 4.79 Å². The molecule has 0 bridgehead atoms. The molecule has 0 aliphatic heterocycles. The number of aryl methyl sites for hydroxylation is 2. The van der Waals surface area contributed by atoms with Crippen LogP contribution in [0.4, 0.5) is 0 Å². The van der Waals surface area contributed by atoms with Crippen LogP contribution in [-0.2, 0) is 6.42 Å². The molecule has 0 saturated carbocycles. The molecule has 0 atom stereocenters. The molecule has 3 rings (SSSR count). The van der Waals surface area contributed by atoms with E-state index in [1.807, 2.05) is 31.2 Å². The van der Waals surface area contributed by atoms with Crippen molar-refractivity contribution in [3.63, 3.8) is 0 Å². The molecule has 0 fully saturated rings. The second-order valence-electron chi connectivity index (χ2n) is 4.86. The fourth-order valence-corrected chi connectivity index (χ4v) is 2.47. The summed E-state index contributed by atoms with van der Waals surface area (Å²) in [7, 11) is 0. The molecule has 2 aromatic heterocycles. The number of H-pyrrole nitrogens is 1. The standard InChI is InChI=1S/C16H16N2O2/c1-3-6-11-9-14(19)18-16(17-11)15-10(2)20-13-8-5-4-7-12(13)15/h4-5,7-9H,3,6H2,1-2H3,(H,17,18,19). The molecule has 0 radical (unpaired) electrons. The first-order valence-corrected chi connectivity index (χ1v) is 6.77. The zero-order valence-corrected chi connectivity index (χ0v) is 11.6. The molecule has 4 nitrogen and oxygen atoms in total. The average molecular weight is 268 g/mol. The minimum Gasteiger partial charge on any atom is -0.461 e. The number of benzene rings is 1. The first-order chi connectivity index (χ1) is 9.69. The first kappa shape index (κ1) is 12.7. The number of nitrogens with zero attached hydrogens (tertiary/aromatic N) is 1. The van der Waals surface area contributed by atoms with Crippen LogP contribution in [0.3, 0.4) is 0 Å². The van der Waals surface area contributed by atoms with Gasteiger partial charge in [0.15, 0.2) is 0 Å². The van der Waals surface area contributed by atoms with Crippen molar-refractivity contribution < 1.29 is 4.42 Å². The average Bonchev–Trinajstić information content (AvgIpc) is 2.74. The molecule has 3 aromatic rings. The number of hydrogen-bond acceptors (Lipinski definition) is 3. The predicted octanol–water partition coefficient (Wildman–Crippen LogP) is 3.44. The Bertz CT molecular complexity index is 815. The van der Waals surface area contributed by atoms with Crippen molar-refractivity contribution in [1.29, 1.82) is 0 Å². The number of aromatic nitrogens is 2. The maximum Gasteiger partial charge on any atom is 0.251 e. The van der Waals surface area contributed by atoms with E-state index in [0.717, 1.165) is 40.8 Å². The van der Waals surface area contributed by atoms with Crippen LogP contribution in [0.2, 0.25) is 0 Å². The summed E-state index contributed by atoms with van der Waals surface area (Å²) in [6.07, 6.45) is 1.76. The van der Waals surface area contributed by atoms with Crippen LogP contribution in [-0.4, -0.2) is 9.97 Å². The van der Waals surface area contributed by atoms with Crippen molar-refractivity contribution in [2.45, 2.75) is 26.7 Å². The molecular formula is C16H16N2O2. The van der Waals surface area contributed by atoms with Crippen molar-refractivity contribution in [2.24, 2.45) is 0 Å². The van der Waals surface area contributed by atoms with Gasteiger partial charge in [0.25, 0.3) is 5.56 Å². The Morgan fingerprint density at radius 3 is 2.90 bits per heavy atom. The summed E-state index contributed by atoms with van der Waals surface area (Å²) in [6, 6.07) is 9.34. The summed E-state index contributed by atoms with van der Waals surface area (Å²) in [5.74, 6) is 1.35. The van der Waals surface area contributed by atoms with Gasteiger partial charge in [0.05, 0.1) is 5.56 Å². The van der Waals surface area contributed by atoms with E-state index in [1.54, 1.807) is 6.07 Å². The van der Waals surface area contributed by atoms with Crippen molar-refractivity contribution >= 4 is 11.0 Å². The molecule has 1 aromatic carbocycles. The molecule has 0 unspecified atom stereocenters. The fraction of sp³-hybridized carbons (Fsp3) is 0.250. The van der Waals surface area contributed by atoms with Gasteiger partial charge in [0.1, 0.15) is 17.2 Å². The molecule has 20 heavy (non-hydrogen) atoms. The molecule has 102 valence electrons. The lowest BCUT2D eigenvalue weighted by molar-refractivity contribution is 0.579. The molecule has 2 heterocycles. The third-order valence-electron chi connectivity index (χ3n) is 3.31. The zero-order chi connectivity index (χ0) is 14.1. The SMILES string of the molecule is CCCc1cc(=O)[nH]c(-c2c(C)oc3ccccc23)n1. The van der Waals surface area contributed by atoms with E-state index in [1.165, 1.54) is 0 Å². The predicted molar refractivity (Wildman–Crippen MR) is 78.8 cm³/mol. The lowest BCUT2D eigenvalue weighted by Crippen LogP contribution is -2.10. The van der Waals surface area contributed by atoms with Crippen molar-refractivity contribution in [3.8, 4) is 11.4 Å². The highest BCUT2D eigenvalue weighted by atomic mass is 16.3.